The zero-order valence-corrected chi connectivity index (χ0v) is 12.8. The van der Waals surface area contributed by atoms with Gasteiger partial charge in [0, 0.05) is 24.7 Å². The van der Waals surface area contributed by atoms with Crippen LogP contribution in [0, 0.1) is 0 Å². The molecular weight excluding hydrogens is 268 g/mol. The molecule has 1 heterocycles. The normalized spacial score (nSPS) is 11.5. The van der Waals surface area contributed by atoms with E-state index in [1.165, 1.54) is 16.5 Å². The number of aromatic nitrogens is 1. The van der Waals surface area contributed by atoms with Crippen molar-refractivity contribution in [1.82, 2.24) is 9.88 Å². The number of para-hydroxylation sites is 1. The first-order chi connectivity index (χ1) is 10.8. The number of likely N-dealkylation sites (N-methyl/N-ethyl adjacent to an activating group) is 1. The Kier molecular flexibility index (Phi) is 4.62. The van der Waals surface area contributed by atoms with Gasteiger partial charge in [0.15, 0.2) is 0 Å². The summed E-state index contributed by atoms with van der Waals surface area (Å²) in [7, 11) is 2.14. The molecule has 0 fully saturated rings. The number of hydrogen-bond acceptors (Lipinski definition) is 2. The third kappa shape index (κ3) is 3.60. The summed E-state index contributed by atoms with van der Waals surface area (Å²) in [6.45, 7) is 1.84. The molecule has 1 aromatic heterocycles. The minimum atomic E-state index is 0.919. The van der Waals surface area contributed by atoms with Crippen molar-refractivity contribution in [3.05, 3.63) is 84.1 Å². The Morgan fingerprint density at radius 3 is 2.59 bits per heavy atom. The fourth-order valence-electron chi connectivity index (χ4n) is 2.58. The van der Waals surface area contributed by atoms with Gasteiger partial charge in [0.05, 0.1) is 5.52 Å². The molecule has 3 rings (SSSR count). The average Bonchev–Trinajstić information content (AvgIpc) is 2.56. The molecule has 0 saturated heterocycles. The van der Waals surface area contributed by atoms with Crippen LogP contribution in [-0.4, -0.2) is 23.5 Å². The Morgan fingerprint density at radius 2 is 1.73 bits per heavy atom. The standard InChI is InChI=1S/C20H20N2/c1-22(15-7-10-17-8-3-2-4-9-17)16-18-13-14-21-20-12-6-5-11-19(18)20/h2-14H,15-16H2,1H3/b10-7+. The molecule has 0 amide bonds. The van der Waals surface area contributed by atoms with Crippen molar-refractivity contribution in [3.63, 3.8) is 0 Å². The molecule has 0 N–H and O–H groups in total. The van der Waals surface area contributed by atoms with E-state index in [-0.39, 0.29) is 0 Å². The molecule has 0 radical (unpaired) electrons. The maximum absolute atomic E-state index is 4.42. The largest absolute Gasteiger partial charge is 0.298 e. The number of rotatable bonds is 5. The van der Waals surface area contributed by atoms with Gasteiger partial charge >= 0.3 is 0 Å². The molecule has 0 bridgehead atoms. The Hall–Kier alpha value is -2.45. The van der Waals surface area contributed by atoms with E-state index in [1.807, 2.05) is 18.3 Å². The van der Waals surface area contributed by atoms with Crippen LogP contribution in [-0.2, 0) is 6.54 Å². The van der Waals surface area contributed by atoms with Crippen molar-refractivity contribution in [2.45, 2.75) is 6.54 Å². The van der Waals surface area contributed by atoms with E-state index in [0.717, 1.165) is 18.6 Å². The SMILES string of the molecule is CN(C/C=C/c1ccccc1)Cc1ccnc2ccccc12. The van der Waals surface area contributed by atoms with Gasteiger partial charge in [-0.15, -0.1) is 0 Å². The van der Waals surface area contributed by atoms with Crippen molar-refractivity contribution >= 4 is 17.0 Å². The Bertz CT molecular complexity index is 758. The second kappa shape index (κ2) is 7.01. The number of benzene rings is 2. The third-order valence-corrected chi connectivity index (χ3v) is 3.71. The lowest BCUT2D eigenvalue weighted by molar-refractivity contribution is 0.365. The van der Waals surface area contributed by atoms with Crippen molar-refractivity contribution in [2.24, 2.45) is 0 Å². The molecule has 2 aromatic carbocycles. The molecule has 2 heteroatoms. The molecule has 0 aliphatic carbocycles. The van der Waals surface area contributed by atoms with Crippen LogP contribution in [0.5, 0.6) is 0 Å². The summed E-state index contributed by atoms with van der Waals surface area (Å²) in [6.07, 6.45) is 6.27. The van der Waals surface area contributed by atoms with Crippen molar-refractivity contribution in [2.75, 3.05) is 13.6 Å². The third-order valence-electron chi connectivity index (χ3n) is 3.71. The lowest BCUT2D eigenvalue weighted by atomic mass is 10.1. The second-order valence-corrected chi connectivity index (χ2v) is 5.50. The zero-order chi connectivity index (χ0) is 15.2. The summed E-state index contributed by atoms with van der Waals surface area (Å²) in [5.41, 5.74) is 3.62. The second-order valence-electron chi connectivity index (χ2n) is 5.50. The molecule has 0 spiro atoms. The topological polar surface area (TPSA) is 16.1 Å². The molecule has 2 nitrogen and oxygen atoms in total. The first-order valence-electron chi connectivity index (χ1n) is 7.56. The average molecular weight is 288 g/mol. The van der Waals surface area contributed by atoms with Gasteiger partial charge in [0.25, 0.3) is 0 Å². The summed E-state index contributed by atoms with van der Waals surface area (Å²) >= 11 is 0. The molecule has 110 valence electrons. The molecule has 0 aliphatic heterocycles. The van der Waals surface area contributed by atoms with E-state index in [1.54, 1.807) is 0 Å². The van der Waals surface area contributed by atoms with Crippen LogP contribution >= 0.6 is 0 Å². The fraction of sp³-hybridized carbons (Fsp3) is 0.150. The van der Waals surface area contributed by atoms with E-state index < -0.39 is 0 Å². The van der Waals surface area contributed by atoms with Crippen LogP contribution < -0.4 is 0 Å². The van der Waals surface area contributed by atoms with Crippen LogP contribution in [0.2, 0.25) is 0 Å². The predicted octanol–water partition coefficient (Wildman–Crippen LogP) is 4.38. The summed E-state index contributed by atoms with van der Waals surface area (Å²) in [5, 5.41) is 1.24. The highest BCUT2D eigenvalue weighted by Crippen LogP contribution is 2.17. The number of fused-ring (bicyclic) bond motifs is 1. The van der Waals surface area contributed by atoms with E-state index in [9.17, 15) is 0 Å². The first kappa shape index (κ1) is 14.5. The van der Waals surface area contributed by atoms with E-state index in [4.69, 9.17) is 0 Å². The molecule has 0 unspecified atom stereocenters. The Labute approximate surface area is 131 Å². The number of nitrogens with zero attached hydrogens (tertiary/aromatic N) is 2. The van der Waals surface area contributed by atoms with Crippen molar-refractivity contribution in [1.29, 1.82) is 0 Å². The fourth-order valence-corrected chi connectivity index (χ4v) is 2.58. The quantitative estimate of drug-likeness (QED) is 0.692. The molecule has 0 atom stereocenters. The minimum Gasteiger partial charge on any atom is -0.298 e. The monoisotopic (exact) mass is 288 g/mol. The number of pyridine rings is 1. The Morgan fingerprint density at radius 1 is 0.955 bits per heavy atom. The highest BCUT2D eigenvalue weighted by molar-refractivity contribution is 5.81. The summed E-state index contributed by atoms with van der Waals surface area (Å²) < 4.78 is 0. The summed E-state index contributed by atoms with van der Waals surface area (Å²) in [4.78, 5) is 6.73. The maximum atomic E-state index is 4.42. The van der Waals surface area contributed by atoms with Crippen LogP contribution in [0.25, 0.3) is 17.0 Å². The molecule has 3 aromatic rings. The van der Waals surface area contributed by atoms with Crippen LogP contribution in [0.15, 0.2) is 72.9 Å². The minimum absolute atomic E-state index is 0.919. The highest BCUT2D eigenvalue weighted by atomic mass is 15.1. The Balaban J connectivity index is 1.66. The van der Waals surface area contributed by atoms with Crippen molar-refractivity contribution < 1.29 is 0 Å². The van der Waals surface area contributed by atoms with Gasteiger partial charge in [0.2, 0.25) is 0 Å². The first-order valence-corrected chi connectivity index (χ1v) is 7.56. The lowest BCUT2D eigenvalue weighted by Crippen LogP contribution is -2.17. The smallest absolute Gasteiger partial charge is 0.0705 e. The summed E-state index contributed by atoms with van der Waals surface area (Å²) in [5.74, 6) is 0. The lowest BCUT2D eigenvalue weighted by Gasteiger charge is -2.15. The van der Waals surface area contributed by atoms with Gasteiger partial charge in [0.1, 0.15) is 0 Å². The van der Waals surface area contributed by atoms with E-state index >= 15 is 0 Å². The van der Waals surface area contributed by atoms with Gasteiger partial charge in [-0.2, -0.15) is 0 Å². The van der Waals surface area contributed by atoms with E-state index in [0.29, 0.717) is 0 Å². The van der Waals surface area contributed by atoms with Gasteiger partial charge < -0.3 is 0 Å². The number of hydrogen-bond donors (Lipinski definition) is 0. The van der Waals surface area contributed by atoms with Gasteiger partial charge in [-0.1, -0.05) is 60.7 Å². The zero-order valence-electron chi connectivity index (χ0n) is 12.8. The highest BCUT2D eigenvalue weighted by Gasteiger charge is 2.03. The van der Waals surface area contributed by atoms with Crippen LogP contribution in [0.1, 0.15) is 11.1 Å². The summed E-state index contributed by atoms with van der Waals surface area (Å²) in [6, 6.07) is 20.8. The van der Waals surface area contributed by atoms with Gasteiger partial charge in [-0.25, -0.2) is 0 Å². The van der Waals surface area contributed by atoms with Crippen molar-refractivity contribution in [3.8, 4) is 0 Å². The maximum Gasteiger partial charge on any atom is 0.0705 e. The van der Waals surface area contributed by atoms with E-state index in [2.05, 4.69) is 77.6 Å². The molecular formula is C20H20N2. The molecule has 0 saturated carbocycles. The predicted molar refractivity (Wildman–Crippen MR) is 93.6 cm³/mol. The van der Waals surface area contributed by atoms with Crippen LogP contribution in [0.3, 0.4) is 0 Å². The molecule has 22 heavy (non-hydrogen) atoms. The van der Waals surface area contributed by atoms with Gasteiger partial charge in [-0.05, 0) is 30.3 Å². The molecule has 0 aliphatic rings. The van der Waals surface area contributed by atoms with Gasteiger partial charge in [-0.3, -0.25) is 9.88 Å². The van der Waals surface area contributed by atoms with Crippen LogP contribution in [0.4, 0.5) is 0 Å².